The number of hydrogen-bond donors (Lipinski definition) is 0. The summed E-state index contributed by atoms with van der Waals surface area (Å²) in [4.78, 5) is 11.6. The van der Waals surface area contributed by atoms with E-state index in [1.165, 1.54) is 0 Å². The molecule has 0 saturated heterocycles. The van der Waals surface area contributed by atoms with E-state index < -0.39 is 20.5 Å². The molecule has 0 radical (unpaired) electrons. The Kier molecular flexibility index (Phi) is 6.98. The lowest BCUT2D eigenvalue weighted by Crippen LogP contribution is -2.25. The molecule has 24 heavy (non-hydrogen) atoms. The number of carbonyl (C=O) groups is 1. The van der Waals surface area contributed by atoms with E-state index in [1.54, 1.807) is 49.4 Å². The summed E-state index contributed by atoms with van der Waals surface area (Å²) in [5, 5.41) is 0.926. The Morgan fingerprint density at radius 3 is 2.42 bits per heavy atom. The maximum Gasteiger partial charge on any atom is 0.347 e. The van der Waals surface area contributed by atoms with Crippen molar-refractivity contribution in [2.75, 3.05) is 6.35 Å². The molecule has 0 fully saturated rings. The van der Waals surface area contributed by atoms with Gasteiger partial charge < -0.3 is 18.8 Å². The highest BCUT2D eigenvalue weighted by molar-refractivity contribution is 7.23. The molecule has 0 aliphatic heterocycles. The number of carbonyl (C=O) groups excluding carboxylic acids is 1. The molecule has 2 atom stereocenters. The highest BCUT2D eigenvalue weighted by atomic mass is 35.5. The van der Waals surface area contributed by atoms with Gasteiger partial charge in [0.1, 0.15) is 32.1 Å². The van der Waals surface area contributed by atoms with Crippen molar-refractivity contribution in [2.24, 2.45) is 0 Å². The third kappa shape index (κ3) is 5.45. The van der Waals surface area contributed by atoms with E-state index in [4.69, 9.17) is 37.4 Å². The summed E-state index contributed by atoms with van der Waals surface area (Å²) < 4.78 is 26.2. The quantitative estimate of drug-likeness (QED) is 0.503. The number of hydrogen-bond acceptors (Lipinski definition) is 5. The molecule has 0 amide bonds. The fourth-order valence-electron chi connectivity index (χ4n) is 1.76. The lowest BCUT2D eigenvalue weighted by atomic mass is 10.3. The summed E-state index contributed by atoms with van der Waals surface area (Å²) in [6.07, 6.45) is -0.880. The lowest BCUT2D eigenvalue weighted by molar-refractivity contribution is -0.148. The predicted molar refractivity (Wildman–Crippen MR) is 94.4 cm³/mol. The molecular formula is C16H15Cl2O5P. The average Bonchev–Trinajstić information content (AvgIpc) is 2.56. The Balaban J connectivity index is 1.97. The number of halogens is 2. The fourth-order valence-corrected chi connectivity index (χ4v) is 2.44. The van der Waals surface area contributed by atoms with E-state index in [9.17, 15) is 9.36 Å². The second-order valence-corrected chi connectivity index (χ2v) is 6.22. The standard InChI is InChI=1S/C16H15Cl2O5P/c1-10(16(19)21-9-24-20)22-12-3-5-13(6-4-12)23-15-7-2-11(17)8-14(15)18/h2-8,10H,9,24H2,1H3. The summed E-state index contributed by atoms with van der Waals surface area (Å²) in [5.74, 6) is 0.943. The minimum atomic E-state index is -1.12. The zero-order valence-corrected chi connectivity index (χ0v) is 15.4. The maximum atomic E-state index is 11.6. The Bertz CT molecular complexity index is 721. The van der Waals surface area contributed by atoms with E-state index in [-0.39, 0.29) is 6.35 Å². The van der Waals surface area contributed by atoms with Crippen molar-refractivity contribution in [2.45, 2.75) is 13.0 Å². The van der Waals surface area contributed by atoms with Gasteiger partial charge >= 0.3 is 5.97 Å². The molecule has 128 valence electrons. The maximum absolute atomic E-state index is 11.6. The molecule has 2 aromatic rings. The van der Waals surface area contributed by atoms with Gasteiger partial charge in [-0.25, -0.2) is 4.79 Å². The molecule has 0 aliphatic carbocycles. The third-order valence-corrected chi connectivity index (χ3v) is 3.72. The Morgan fingerprint density at radius 2 is 1.79 bits per heavy atom. The molecule has 8 heteroatoms. The Labute approximate surface area is 150 Å². The number of rotatable bonds is 7. The van der Waals surface area contributed by atoms with Crippen LogP contribution in [-0.4, -0.2) is 18.4 Å². The molecule has 0 saturated carbocycles. The molecule has 0 aliphatic rings. The molecule has 2 rings (SSSR count). The smallest absolute Gasteiger partial charge is 0.347 e. The van der Waals surface area contributed by atoms with Crippen LogP contribution in [0.4, 0.5) is 0 Å². The van der Waals surface area contributed by atoms with Crippen molar-refractivity contribution in [1.82, 2.24) is 0 Å². The van der Waals surface area contributed by atoms with E-state index >= 15 is 0 Å². The van der Waals surface area contributed by atoms with Crippen LogP contribution in [0.15, 0.2) is 42.5 Å². The second-order valence-electron chi connectivity index (χ2n) is 4.70. The van der Waals surface area contributed by atoms with E-state index in [1.807, 2.05) is 0 Å². The second kappa shape index (κ2) is 8.97. The van der Waals surface area contributed by atoms with Crippen molar-refractivity contribution < 1.29 is 23.6 Å². The zero-order chi connectivity index (χ0) is 17.5. The van der Waals surface area contributed by atoms with Crippen LogP contribution >= 0.6 is 31.7 Å². The fraction of sp³-hybridized carbons (Fsp3) is 0.188. The van der Waals surface area contributed by atoms with Gasteiger partial charge in [-0.15, -0.1) is 0 Å². The van der Waals surface area contributed by atoms with Crippen LogP contribution in [0.5, 0.6) is 17.2 Å². The van der Waals surface area contributed by atoms with Crippen LogP contribution in [0, 0.1) is 0 Å². The van der Waals surface area contributed by atoms with Crippen LogP contribution in [-0.2, 0) is 14.1 Å². The van der Waals surface area contributed by atoms with Crippen LogP contribution in [0.1, 0.15) is 6.92 Å². The molecule has 0 bridgehead atoms. The average molecular weight is 389 g/mol. The van der Waals surface area contributed by atoms with E-state index in [0.29, 0.717) is 27.3 Å². The molecule has 2 aromatic carbocycles. The molecule has 0 spiro atoms. The van der Waals surface area contributed by atoms with Gasteiger partial charge in [0.05, 0.1) is 5.02 Å². The first kappa shape index (κ1) is 18.7. The first-order valence-electron chi connectivity index (χ1n) is 6.99. The van der Waals surface area contributed by atoms with Crippen molar-refractivity contribution in [1.29, 1.82) is 0 Å². The van der Waals surface area contributed by atoms with Crippen molar-refractivity contribution in [3.63, 3.8) is 0 Å². The minimum absolute atomic E-state index is 0.0822. The summed E-state index contributed by atoms with van der Waals surface area (Å²) in [7, 11) is -1.12. The van der Waals surface area contributed by atoms with Gasteiger partial charge in [0, 0.05) is 5.02 Å². The van der Waals surface area contributed by atoms with Gasteiger partial charge in [0.2, 0.25) is 0 Å². The van der Waals surface area contributed by atoms with Gasteiger partial charge in [-0.05, 0) is 49.4 Å². The SMILES string of the molecule is CC(Oc1ccc(Oc2ccc(Cl)cc2Cl)cc1)C(=O)OC[PH2]=O. The predicted octanol–water partition coefficient (Wildman–Crippen LogP) is 4.81. The number of benzene rings is 2. The third-order valence-electron chi connectivity index (χ3n) is 2.88. The van der Waals surface area contributed by atoms with Crippen molar-refractivity contribution in [3.05, 3.63) is 52.5 Å². The monoisotopic (exact) mass is 388 g/mol. The molecule has 0 N–H and O–H groups in total. The topological polar surface area (TPSA) is 61.8 Å². The molecule has 0 aromatic heterocycles. The molecule has 2 unspecified atom stereocenters. The van der Waals surface area contributed by atoms with Crippen LogP contribution in [0.25, 0.3) is 0 Å². The van der Waals surface area contributed by atoms with Crippen molar-refractivity contribution in [3.8, 4) is 17.2 Å². The Hall–Kier alpha value is -1.68. The van der Waals surface area contributed by atoms with Crippen molar-refractivity contribution >= 4 is 37.6 Å². The highest BCUT2D eigenvalue weighted by Crippen LogP contribution is 2.32. The molecule has 0 heterocycles. The highest BCUT2D eigenvalue weighted by Gasteiger charge is 2.16. The van der Waals surface area contributed by atoms with Gasteiger partial charge in [0.15, 0.2) is 6.10 Å². The van der Waals surface area contributed by atoms with E-state index in [0.717, 1.165) is 0 Å². The van der Waals surface area contributed by atoms with Gasteiger partial charge in [0.25, 0.3) is 0 Å². The largest absolute Gasteiger partial charge is 0.479 e. The van der Waals surface area contributed by atoms with E-state index in [2.05, 4.69) is 0 Å². The summed E-state index contributed by atoms with van der Waals surface area (Å²) in [5.41, 5.74) is 0. The summed E-state index contributed by atoms with van der Waals surface area (Å²) in [6.45, 7) is 1.56. The summed E-state index contributed by atoms with van der Waals surface area (Å²) in [6, 6.07) is 11.6. The Morgan fingerprint density at radius 1 is 1.12 bits per heavy atom. The normalized spacial score (nSPS) is 12.1. The minimum Gasteiger partial charge on any atom is -0.479 e. The first-order chi connectivity index (χ1) is 11.5. The first-order valence-corrected chi connectivity index (χ1v) is 9.04. The summed E-state index contributed by atoms with van der Waals surface area (Å²) >= 11 is 11.9. The number of ether oxygens (including phenoxy) is 3. The van der Waals surface area contributed by atoms with Gasteiger partial charge in [-0.2, -0.15) is 0 Å². The van der Waals surface area contributed by atoms with Crippen LogP contribution in [0.3, 0.4) is 0 Å². The van der Waals surface area contributed by atoms with Gasteiger partial charge in [-0.3, -0.25) is 0 Å². The lowest BCUT2D eigenvalue weighted by Gasteiger charge is -2.13. The zero-order valence-electron chi connectivity index (χ0n) is 12.7. The molecular weight excluding hydrogens is 374 g/mol. The number of esters is 1. The van der Waals surface area contributed by atoms with Crippen LogP contribution < -0.4 is 9.47 Å². The van der Waals surface area contributed by atoms with Gasteiger partial charge in [-0.1, -0.05) is 23.2 Å². The van der Waals surface area contributed by atoms with Crippen LogP contribution in [0.2, 0.25) is 10.0 Å². The molecule has 5 nitrogen and oxygen atoms in total.